The molecule has 0 aliphatic rings. The third-order valence-electron chi connectivity index (χ3n) is 4.08. The van der Waals surface area contributed by atoms with Crippen LogP contribution in [0.5, 0.6) is 0 Å². The van der Waals surface area contributed by atoms with Crippen LogP contribution in [-0.2, 0) is 19.6 Å². The van der Waals surface area contributed by atoms with Crippen molar-refractivity contribution < 1.29 is 27.7 Å². The summed E-state index contributed by atoms with van der Waals surface area (Å²) in [7, 11) is -4.20. The van der Waals surface area contributed by atoms with E-state index in [0.29, 0.717) is 10.5 Å². The minimum Gasteiger partial charge on any atom is -0.453 e. The van der Waals surface area contributed by atoms with E-state index in [9.17, 15) is 28.1 Å². The average molecular weight is 453 g/mol. The third-order valence-corrected chi connectivity index (χ3v) is 6.26. The molecule has 0 heterocycles. The molecule has 0 saturated carbocycles. The zero-order valence-corrected chi connectivity index (χ0v) is 18.1. The standard InChI is InChI=1S/C19H20N2O7S2/c1-12-4-6-14(7-5-12)19(23)13(2)28-18(22)11-20-30(26,27)15-8-9-17(29-3)16(10-15)21(24)25/h4-10,13,20H,11H2,1-3H3. The minimum atomic E-state index is -4.20. The zero-order chi connectivity index (χ0) is 22.5. The summed E-state index contributed by atoms with van der Waals surface area (Å²) in [5.41, 5.74) is 0.976. The van der Waals surface area contributed by atoms with E-state index >= 15 is 0 Å². The molecule has 30 heavy (non-hydrogen) atoms. The number of carbonyl (C=O) groups excluding carboxylic acids is 2. The highest BCUT2D eigenvalue weighted by Gasteiger charge is 2.24. The molecule has 1 N–H and O–H groups in total. The summed E-state index contributed by atoms with van der Waals surface area (Å²) in [5, 5.41) is 11.1. The molecule has 0 fully saturated rings. The van der Waals surface area contributed by atoms with Crippen LogP contribution in [0.4, 0.5) is 5.69 Å². The van der Waals surface area contributed by atoms with E-state index in [1.807, 2.05) is 11.6 Å². The highest BCUT2D eigenvalue weighted by molar-refractivity contribution is 7.98. The molecule has 160 valence electrons. The van der Waals surface area contributed by atoms with Gasteiger partial charge in [0.15, 0.2) is 6.10 Å². The van der Waals surface area contributed by atoms with Crippen molar-refractivity contribution in [3.05, 3.63) is 63.7 Å². The molecule has 0 aliphatic carbocycles. The number of nitrogens with one attached hydrogen (secondary N) is 1. The fourth-order valence-corrected chi connectivity index (χ4v) is 4.00. The van der Waals surface area contributed by atoms with Crippen LogP contribution in [0.3, 0.4) is 0 Å². The van der Waals surface area contributed by atoms with Crippen LogP contribution in [0.25, 0.3) is 0 Å². The summed E-state index contributed by atoms with van der Waals surface area (Å²) in [6.07, 6.45) is 0.524. The predicted molar refractivity (Wildman–Crippen MR) is 111 cm³/mol. The number of Topliss-reactive ketones (excluding diaryl/α,β-unsaturated/α-hetero) is 1. The second-order valence-corrected chi connectivity index (χ2v) is 8.89. The molecular formula is C19H20N2O7S2. The second-order valence-electron chi connectivity index (χ2n) is 6.28. The maximum Gasteiger partial charge on any atom is 0.321 e. The molecule has 2 aromatic rings. The molecule has 1 unspecified atom stereocenters. The molecule has 1 atom stereocenters. The fourth-order valence-electron chi connectivity index (χ4n) is 2.46. The number of esters is 1. The Kier molecular flexibility index (Phi) is 7.71. The topological polar surface area (TPSA) is 133 Å². The number of benzene rings is 2. The molecule has 9 nitrogen and oxygen atoms in total. The van der Waals surface area contributed by atoms with E-state index in [1.54, 1.807) is 30.5 Å². The predicted octanol–water partition coefficient (Wildman–Crippen LogP) is 2.72. The van der Waals surface area contributed by atoms with Gasteiger partial charge in [-0.1, -0.05) is 29.8 Å². The van der Waals surface area contributed by atoms with Gasteiger partial charge in [-0.2, -0.15) is 4.72 Å². The van der Waals surface area contributed by atoms with E-state index in [2.05, 4.69) is 0 Å². The molecule has 2 aromatic carbocycles. The van der Waals surface area contributed by atoms with Crippen LogP contribution in [0.2, 0.25) is 0 Å². The van der Waals surface area contributed by atoms with Crippen molar-refractivity contribution in [2.45, 2.75) is 29.7 Å². The van der Waals surface area contributed by atoms with E-state index < -0.39 is 39.3 Å². The van der Waals surface area contributed by atoms with Gasteiger partial charge in [-0.3, -0.25) is 19.7 Å². The van der Waals surface area contributed by atoms with Crippen molar-refractivity contribution in [2.24, 2.45) is 0 Å². The number of nitro benzene ring substituents is 1. The van der Waals surface area contributed by atoms with Crippen molar-refractivity contribution >= 4 is 39.2 Å². The van der Waals surface area contributed by atoms with Crippen LogP contribution in [0, 0.1) is 17.0 Å². The van der Waals surface area contributed by atoms with E-state index in [1.165, 1.54) is 19.1 Å². The fraction of sp³-hybridized carbons (Fsp3) is 0.263. The summed E-state index contributed by atoms with van der Waals surface area (Å²) < 4.78 is 31.8. The van der Waals surface area contributed by atoms with E-state index in [-0.39, 0.29) is 10.6 Å². The maximum atomic E-state index is 12.4. The summed E-state index contributed by atoms with van der Waals surface area (Å²) >= 11 is 1.11. The Bertz CT molecular complexity index is 1070. The number of aryl methyl sites for hydroxylation is 1. The molecule has 0 saturated heterocycles. The van der Waals surface area contributed by atoms with Gasteiger partial charge in [0.1, 0.15) is 6.54 Å². The number of hydrogen-bond donors (Lipinski definition) is 1. The molecule has 0 aromatic heterocycles. The molecule has 0 amide bonds. The van der Waals surface area contributed by atoms with E-state index in [4.69, 9.17) is 4.74 Å². The minimum absolute atomic E-state index is 0.307. The Labute approximate surface area is 178 Å². The van der Waals surface area contributed by atoms with Gasteiger partial charge in [0, 0.05) is 11.6 Å². The van der Waals surface area contributed by atoms with Crippen LogP contribution >= 0.6 is 11.8 Å². The first-order valence-electron chi connectivity index (χ1n) is 8.67. The summed E-state index contributed by atoms with van der Waals surface area (Å²) in [5.74, 6) is -1.38. The zero-order valence-electron chi connectivity index (χ0n) is 16.4. The van der Waals surface area contributed by atoms with Crippen molar-refractivity contribution in [3.8, 4) is 0 Å². The Morgan fingerprint density at radius 3 is 2.40 bits per heavy atom. The number of rotatable bonds is 9. The number of nitro groups is 1. The van der Waals surface area contributed by atoms with Crippen molar-refractivity contribution in [3.63, 3.8) is 0 Å². The van der Waals surface area contributed by atoms with Crippen molar-refractivity contribution in [1.82, 2.24) is 4.72 Å². The van der Waals surface area contributed by atoms with Gasteiger partial charge in [-0.05, 0) is 32.2 Å². The first-order valence-corrected chi connectivity index (χ1v) is 11.4. The van der Waals surface area contributed by atoms with Gasteiger partial charge in [0.05, 0.1) is 14.7 Å². The van der Waals surface area contributed by atoms with Gasteiger partial charge in [-0.25, -0.2) is 8.42 Å². The number of hydrogen-bond acceptors (Lipinski definition) is 8. The summed E-state index contributed by atoms with van der Waals surface area (Å²) in [6.45, 7) is 2.53. The lowest BCUT2D eigenvalue weighted by Crippen LogP contribution is -2.34. The number of thioether (sulfide) groups is 1. The molecule has 0 aliphatic heterocycles. The molecular weight excluding hydrogens is 432 g/mol. The molecule has 0 bridgehead atoms. The highest BCUT2D eigenvalue weighted by Crippen LogP contribution is 2.29. The van der Waals surface area contributed by atoms with Gasteiger partial charge in [-0.15, -0.1) is 11.8 Å². The number of ether oxygens (including phenoxy) is 1. The number of sulfonamides is 1. The van der Waals surface area contributed by atoms with Crippen LogP contribution in [-0.4, -0.2) is 44.0 Å². The number of ketones is 1. The lowest BCUT2D eigenvalue weighted by molar-refractivity contribution is -0.387. The van der Waals surface area contributed by atoms with Crippen molar-refractivity contribution in [1.29, 1.82) is 0 Å². The smallest absolute Gasteiger partial charge is 0.321 e. The summed E-state index contributed by atoms with van der Waals surface area (Å²) in [4.78, 5) is 34.7. The van der Waals surface area contributed by atoms with Crippen LogP contribution < -0.4 is 4.72 Å². The number of nitrogens with zero attached hydrogens (tertiary/aromatic N) is 1. The first kappa shape index (κ1) is 23.5. The largest absolute Gasteiger partial charge is 0.453 e. The Balaban J connectivity index is 2.02. The molecule has 0 spiro atoms. The van der Waals surface area contributed by atoms with Gasteiger partial charge < -0.3 is 4.74 Å². The quantitative estimate of drug-likeness (QED) is 0.202. The number of carbonyl (C=O) groups is 2. The lowest BCUT2D eigenvalue weighted by atomic mass is 10.1. The average Bonchev–Trinajstić information content (AvgIpc) is 2.71. The lowest BCUT2D eigenvalue weighted by Gasteiger charge is -2.13. The van der Waals surface area contributed by atoms with Crippen molar-refractivity contribution in [2.75, 3.05) is 12.8 Å². The Morgan fingerprint density at radius 2 is 1.83 bits per heavy atom. The van der Waals surface area contributed by atoms with Gasteiger partial charge in [0.25, 0.3) is 5.69 Å². The van der Waals surface area contributed by atoms with Crippen LogP contribution in [0.15, 0.2) is 52.3 Å². The SMILES string of the molecule is CSc1ccc(S(=O)(=O)NCC(=O)OC(C)C(=O)c2ccc(C)cc2)cc1[N+](=O)[O-]. The first-order chi connectivity index (χ1) is 14.0. The van der Waals surface area contributed by atoms with E-state index in [0.717, 1.165) is 23.4 Å². The Hall–Kier alpha value is -2.76. The molecule has 2 rings (SSSR count). The van der Waals surface area contributed by atoms with Crippen LogP contribution in [0.1, 0.15) is 22.8 Å². The maximum absolute atomic E-state index is 12.4. The second kappa shape index (κ2) is 9.83. The molecule has 0 radical (unpaired) electrons. The van der Waals surface area contributed by atoms with Gasteiger partial charge in [0.2, 0.25) is 15.8 Å². The monoisotopic (exact) mass is 452 g/mol. The van der Waals surface area contributed by atoms with Gasteiger partial charge >= 0.3 is 5.97 Å². The summed E-state index contributed by atoms with van der Waals surface area (Å²) in [6, 6.07) is 10.2. The highest BCUT2D eigenvalue weighted by atomic mass is 32.2. The molecule has 11 heteroatoms. The Morgan fingerprint density at radius 1 is 1.20 bits per heavy atom. The third kappa shape index (κ3) is 5.88. The normalized spacial score (nSPS) is 12.2.